The molecule has 0 bridgehead atoms. The zero-order valence-corrected chi connectivity index (χ0v) is 9.21. The van der Waals surface area contributed by atoms with Gasteiger partial charge in [-0.2, -0.15) is 0 Å². The van der Waals surface area contributed by atoms with Gasteiger partial charge in [0.1, 0.15) is 5.75 Å². The molecule has 0 fully saturated rings. The highest BCUT2D eigenvalue weighted by Gasteiger charge is 2.08. The number of fused-ring (bicyclic) bond motifs is 1. The Hall–Kier alpha value is -1.24. The molecule has 76 valence electrons. The summed E-state index contributed by atoms with van der Waals surface area (Å²) >= 11 is 0. The predicted octanol–water partition coefficient (Wildman–Crippen LogP) is 3.59. The van der Waals surface area contributed by atoms with Gasteiger partial charge >= 0.3 is 0 Å². The van der Waals surface area contributed by atoms with Crippen LogP contribution >= 0.6 is 0 Å². The fourth-order valence-electron chi connectivity index (χ4n) is 1.12. The Morgan fingerprint density at radius 3 is 2.50 bits per heavy atom. The number of hydrogen-bond donors (Lipinski definition) is 0. The van der Waals surface area contributed by atoms with E-state index < -0.39 is 0 Å². The van der Waals surface area contributed by atoms with E-state index in [1.165, 1.54) is 11.1 Å². The molecule has 1 nitrogen and oxygen atoms in total. The average molecular weight is 190 g/mol. The summed E-state index contributed by atoms with van der Waals surface area (Å²) < 4.78 is 5.30. The van der Waals surface area contributed by atoms with Gasteiger partial charge in [-0.3, -0.25) is 0 Å². The van der Waals surface area contributed by atoms with Crippen molar-refractivity contribution in [2.24, 2.45) is 0 Å². The maximum atomic E-state index is 5.30. The lowest BCUT2D eigenvalue weighted by Gasteiger charge is -1.93. The van der Waals surface area contributed by atoms with Crippen molar-refractivity contribution in [3.8, 4) is 5.75 Å². The van der Waals surface area contributed by atoms with Crippen molar-refractivity contribution in [3.63, 3.8) is 0 Å². The van der Waals surface area contributed by atoms with Crippen LogP contribution in [-0.4, -0.2) is 6.61 Å². The molecule has 0 N–H and O–H groups in total. The number of benzene rings is 1. The summed E-state index contributed by atoms with van der Waals surface area (Å²) in [6.45, 7) is 7.06. The predicted molar refractivity (Wildman–Crippen MR) is 60.7 cm³/mol. The summed E-state index contributed by atoms with van der Waals surface area (Å²) in [5.41, 5.74) is 2.72. The number of allylic oxidation sites excluding steroid dienone is 2. The summed E-state index contributed by atoms with van der Waals surface area (Å²) in [6, 6.07) is 8.18. The van der Waals surface area contributed by atoms with E-state index >= 15 is 0 Å². The molecule has 0 amide bonds. The monoisotopic (exact) mass is 190 g/mol. The number of ether oxygens (including phenoxy) is 1. The van der Waals surface area contributed by atoms with E-state index in [1.807, 2.05) is 25.1 Å². The first kappa shape index (κ1) is 10.8. The third kappa shape index (κ3) is 3.25. The fraction of sp³-hybridized carbons (Fsp3) is 0.385. The van der Waals surface area contributed by atoms with Crippen molar-refractivity contribution in [1.82, 2.24) is 0 Å². The van der Waals surface area contributed by atoms with E-state index in [2.05, 4.69) is 26.0 Å². The van der Waals surface area contributed by atoms with Gasteiger partial charge in [0.15, 0.2) is 0 Å². The fourth-order valence-corrected chi connectivity index (χ4v) is 1.12. The van der Waals surface area contributed by atoms with Crippen LogP contribution in [0.5, 0.6) is 5.75 Å². The van der Waals surface area contributed by atoms with E-state index in [0.29, 0.717) is 0 Å². The molecular weight excluding hydrogens is 172 g/mol. The van der Waals surface area contributed by atoms with Gasteiger partial charge in [0, 0.05) is 6.42 Å². The normalized spacial score (nSPS) is 11.9. The van der Waals surface area contributed by atoms with Crippen molar-refractivity contribution in [3.05, 3.63) is 41.5 Å². The first-order valence-corrected chi connectivity index (χ1v) is 5.04. The van der Waals surface area contributed by atoms with Crippen LogP contribution in [0.25, 0.3) is 0 Å². The number of hydrogen-bond acceptors (Lipinski definition) is 1. The van der Waals surface area contributed by atoms with Gasteiger partial charge in [-0.15, -0.1) is 0 Å². The zero-order chi connectivity index (χ0) is 10.4. The summed E-state index contributed by atoms with van der Waals surface area (Å²) in [5.74, 6) is 1.07. The lowest BCUT2D eigenvalue weighted by atomic mass is 10.2. The van der Waals surface area contributed by atoms with Crippen LogP contribution in [0.4, 0.5) is 0 Å². The van der Waals surface area contributed by atoms with Gasteiger partial charge in [0.2, 0.25) is 0 Å². The molecule has 2 rings (SSSR count). The van der Waals surface area contributed by atoms with Crippen molar-refractivity contribution in [2.45, 2.75) is 27.2 Å². The minimum Gasteiger partial charge on any atom is -0.493 e. The minimum atomic E-state index is 0.860. The lowest BCUT2D eigenvalue weighted by molar-refractivity contribution is 0.357. The van der Waals surface area contributed by atoms with Crippen molar-refractivity contribution in [2.75, 3.05) is 6.61 Å². The van der Waals surface area contributed by atoms with Crippen LogP contribution in [0.2, 0.25) is 0 Å². The smallest absolute Gasteiger partial charge is 0.122 e. The Labute approximate surface area is 86.4 Å². The molecule has 0 atom stereocenters. The maximum absolute atomic E-state index is 5.30. The molecular formula is C13H18O. The van der Waals surface area contributed by atoms with E-state index in [0.717, 1.165) is 18.8 Å². The SMILES string of the molecule is CC=C(C)C.c1ccc2c(c1)CCO2. The van der Waals surface area contributed by atoms with Crippen LogP contribution in [0.15, 0.2) is 35.9 Å². The second-order valence-corrected chi connectivity index (χ2v) is 3.57. The number of para-hydroxylation sites is 1. The van der Waals surface area contributed by atoms with Gasteiger partial charge in [0.05, 0.1) is 6.61 Å². The number of rotatable bonds is 0. The molecule has 1 heteroatoms. The highest BCUT2D eigenvalue weighted by Crippen LogP contribution is 2.23. The Kier molecular flexibility index (Phi) is 4.24. The van der Waals surface area contributed by atoms with Gasteiger partial charge in [-0.1, -0.05) is 29.8 Å². The summed E-state index contributed by atoms with van der Waals surface area (Å²) in [7, 11) is 0. The maximum Gasteiger partial charge on any atom is 0.122 e. The first-order valence-electron chi connectivity index (χ1n) is 5.04. The second kappa shape index (κ2) is 5.48. The molecule has 0 aromatic heterocycles. The van der Waals surface area contributed by atoms with Gasteiger partial charge in [-0.25, -0.2) is 0 Å². The molecule has 0 spiro atoms. The van der Waals surface area contributed by atoms with Crippen LogP contribution in [0, 0.1) is 0 Å². The van der Waals surface area contributed by atoms with Crippen LogP contribution < -0.4 is 4.74 Å². The van der Waals surface area contributed by atoms with Crippen molar-refractivity contribution in [1.29, 1.82) is 0 Å². The van der Waals surface area contributed by atoms with Gasteiger partial charge in [0.25, 0.3) is 0 Å². The van der Waals surface area contributed by atoms with E-state index in [-0.39, 0.29) is 0 Å². The minimum absolute atomic E-state index is 0.860. The summed E-state index contributed by atoms with van der Waals surface area (Å²) in [5, 5.41) is 0. The highest BCUT2D eigenvalue weighted by molar-refractivity contribution is 5.35. The second-order valence-electron chi connectivity index (χ2n) is 3.57. The van der Waals surface area contributed by atoms with Gasteiger partial charge < -0.3 is 4.74 Å². The molecule has 1 aromatic carbocycles. The van der Waals surface area contributed by atoms with E-state index in [1.54, 1.807) is 0 Å². The molecule has 0 saturated heterocycles. The molecule has 0 aliphatic carbocycles. The van der Waals surface area contributed by atoms with Crippen molar-refractivity contribution >= 4 is 0 Å². The standard InChI is InChI=1S/C8H8O.C5H10/c1-2-4-8-7(3-1)5-6-9-8;1-4-5(2)3/h1-4H,5-6H2;4H,1-3H3. The molecule has 1 aliphatic heterocycles. The van der Waals surface area contributed by atoms with Crippen LogP contribution in [0.3, 0.4) is 0 Å². The third-order valence-corrected chi connectivity index (χ3v) is 2.18. The van der Waals surface area contributed by atoms with Crippen LogP contribution in [-0.2, 0) is 6.42 Å². The topological polar surface area (TPSA) is 9.23 Å². The quantitative estimate of drug-likeness (QED) is 0.568. The van der Waals surface area contributed by atoms with Gasteiger partial charge in [-0.05, 0) is 32.4 Å². The summed E-state index contributed by atoms with van der Waals surface area (Å²) in [4.78, 5) is 0. The third-order valence-electron chi connectivity index (χ3n) is 2.18. The molecule has 1 aliphatic rings. The molecule has 0 unspecified atom stereocenters. The molecule has 0 radical (unpaired) electrons. The Morgan fingerprint density at radius 1 is 1.29 bits per heavy atom. The molecule has 1 heterocycles. The Bertz CT molecular complexity index is 286. The first-order chi connectivity index (χ1) is 6.74. The van der Waals surface area contributed by atoms with Crippen molar-refractivity contribution < 1.29 is 4.74 Å². The Balaban J connectivity index is 0.000000171. The average Bonchev–Trinajstić information content (AvgIpc) is 2.66. The molecule has 14 heavy (non-hydrogen) atoms. The highest BCUT2D eigenvalue weighted by atomic mass is 16.5. The largest absolute Gasteiger partial charge is 0.493 e. The van der Waals surface area contributed by atoms with E-state index in [4.69, 9.17) is 4.74 Å². The summed E-state index contributed by atoms with van der Waals surface area (Å²) in [6.07, 6.45) is 3.16. The molecule has 1 aromatic rings. The Morgan fingerprint density at radius 2 is 1.93 bits per heavy atom. The van der Waals surface area contributed by atoms with Crippen LogP contribution in [0.1, 0.15) is 26.3 Å². The molecule has 0 saturated carbocycles. The zero-order valence-electron chi connectivity index (χ0n) is 9.21. The lowest BCUT2D eigenvalue weighted by Crippen LogP contribution is -1.85. The van der Waals surface area contributed by atoms with E-state index in [9.17, 15) is 0 Å².